The minimum Gasteiger partial charge on any atom is -0.380 e. The van der Waals surface area contributed by atoms with Gasteiger partial charge in [0.05, 0.1) is 0 Å². The smallest absolute Gasteiger partial charge is 0.278 e. The highest BCUT2D eigenvalue weighted by atomic mass is 16.3. The zero-order valence-corrected chi connectivity index (χ0v) is 9.79. The Labute approximate surface area is 107 Å². The molecule has 0 saturated carbocycles. The molecule has 0 amide bonds. The fraction of sp³-hybridized carbons (Fsp3) is 0.0833. The van der Waals surface area contributed by atoms with E-state index in [2.05, 4.69) is 19.9 Å². The number of H-pyrrole nitrogens is 2. The van der Waals surface area contributed by atoms with Crippen LogP contribution in [0.25, 0.3) is 11.2 Å². The Morgan fingerprint density at radius 3 is 2.63 bits per heavy atom. The summed E-state index contributed by atoms with van der Waals surface area (Å²) in [5.41, 5.74) is 6.08. The number of anilines is 1. The van der Waals surface area contributed by atoms with E-state index in [0.29, 0.717) is 5.56 Å². The van der Waals surface area contributed by atoms with Crippen LogP contribution >= 0.6 is 0 Å². The Hall–Kier alpha value is -2.67. The number of imidazole rings is 1. The number of aliphatic hydroxyl groups excluding tert-OH is 1. The average molecular weight is 257 g/mol. The van der Waals surface area contributed by atoms with Crippen molar-refractivity contribution in [2.75, 3.05) is 5.73 Å². The number of aliphatic hydroxyl groups is 1. The second-order valence-corrected chi connectivity index (χ2v) is 4.09. The zero-order valence-electron chi connectivity index (χ0n) is 9.79. The summed E-state index contributed by atoms with van der Waals surface area (Å²) in [6.45, 7) is 0. The van der Waals surface area contributed by atoms with E-state index in [0.717, 1.165) is 0 Å². The molecule has 1 unspecified atom stereocenters. The first-order valence-electron chi connectivity index (χ1n) is 5.63. The number of aromatic amines is 2. The van der Waals surface area contributed by atoms with Crippen molar-refractivity contribution in [3.8, 4) is 0 Å². The molecule has 3 aromatic rings. The zero-order chi connectivity index (χ0) is 13.4. The largest absolute Gasteiger partial charge is 0.380 e. The van der Waals surface area contributed by atoms with Gasteiger partial charge in [-0.3, -0.25) is 9.78 Å². The van der Waals surface area contributed by atoms with Crippen molar-refractivity contribution in [2.45, 2.75) is 6.10 Å². The van der Waals surface area contributed by atoms with Crippen molar-refractivity contribution < 1.29 is 5.11 Å². The van der Waals surface area contributed by atoms with Crippen molar-refractivity contribution in [1.29, 1.82) is 0 Å². The summed E-state index contributed by atoms with van der Waals surface area (Å²) >= 11 is 0. The first-order valence-corrected chi connectivity index (χ1v) is 5.63. The summed E-state index contributed by atoms with van der Waals surface area (Å²) in [7, 11) is 0. The van der Waals surface area contributed by atoms with Gasteiger partial charge in [0.15, 0.2) is 11.2 Å². The van der Waals surface area contributed by atoms with Gasteiger partial charge in [0.2, 0.25) is 5.95 Å². The SMILES string of the molecule is Nc1nc2nc(C(O)c3ccccc3)[nH]c2c(=O)[nH]1. The van der Waals surface area contributed by atoms with E-state index in [9.17, 15) is 9.90 Å². The standard InChI is InChI=1S/C12H11N5O2/c13-12-16-9-7(11(19)17-12)14-10(15-9)8(18)6-4-2-1-3-5-6/h1-5,8,18H,(H4,13,14,15,16,17,19). The molecule has 0 spiro atoms. The van der Waals surface area contributed by atoms with Crippen LogP contribution in [0.15, 0.2) is 35.1 Å². The van der Waals surface area contributed by atoms with Crippen molar-refractivity contribution in [3.05, 3.63) is 52.1 Å². The Morgan fingerprint density at radius 2 is 1.89 bits per heavy atom. The van der Waals surface area contributed by atoms with Gasteiger partial charge in [-0.05, 0) is 5.56 Å². The third-order valence-corrected chi connectivity index (χ3v) is 2.77. The van der Waals surface area contributed by atoms with Crippen LogP contribution in [0.1, 0.15) is 17.5 Å². The monoisotopic (exact) mass is 257 g/mol. The number of benzene rings is 1. The highest BCUT2D eigenvalue weighted by Gasteiger charge is 2.16. The second kappa shape index (κ2) is 4.21. The van der Waals surface area contributed by atoms with Crippen LogP contribution in [-0.2, 0) is 0 Å². The molecule has 1 aromatic carbocycles. The summed E-state index contributed by atoms with van der Waals surface area (Å²) < 4.78 is 0. The lowest BCUT2D eigenvalue weighted by Gasteiger charge is -2.06. The van der Waals surface area contributed by atoms with Crippen LogP contribution < -0.4 is 11.3 Å². The molecule has 5 N–H and O–H groups in total. The number of hydrogen-bond donors (Lipinski definition) is 4. The van der Waals surface area contributed by atoms with Crippen molar-refractivity contribution in [3.63, 3.8) is 0 Å². The molecule has 0 bridgehead atoms. The highest BCUT2D eigenvalue weighted by Crippen LogP contribution is 2.20. The number of nitrogens with zero attached hydrogens (tertiary/aromatic N) is 2. The van der Waals surface area contributed by atoms with Gasteiger partial charge in [0.25, 0.3) is 5.56 Å². The molecule has 7 nitrogen and oxygen atoms in total. The lowest BCUT2D eigenvalue weighted by atomic mass is 10.1. The molecule has 2 heterocycles. The minimum absolute atomic E-state index is 0.00949. The molecule has 0 saturated heterocycles. The molecule has 19 heavy (non-hydrogen) atoms. The van der Waals surface area contributed by atoms with Gasteiger partial charge in [0.1, 0.15) is 11.9 Å². The normalized spacial score (nSPS) is 12.7. The summed E-state index contributed by atoms with van der Waals surface area (Å²) in [5, 5.41) is 10.2. The molecule has 3 rings (SSSR count). The van der Waals surface area contributed by atoms with Crippen LogP contribution in [0.4, 0.5) is 5.95 Å². The van der Waals surface area contributed by atoms with E-state index in [1.807, 2.05) is 18.2 Å². The van der Waals surface area contributed by atoms with E-state index in [1.54, 1.807) is 12.1 Å². The summed E-state index contributed by atoms with van der Waals surface area (Å²) in [5.74, 6) is 0.245. The summed E-state index contributed by atoms with van der Waals surface area (Å²) in [4.78, 5) is 24.8. The number of aromatic nitrogens is 4. The van der Waals surface area contributed by atoms with Gasteiger partial charge in [-0.15, -0.1) is 0 Å². The molecule has 96 valence electrons. The van der Waals surface area contributed by atoms with E-state index < -0.39 is 11.7 Å². The predicted octanol–water partition coefficient (Wildman–Crippen LogP) is 0.310. The topological polar surface area (TPSA) is 121 Å². The van der Waals surface area contributed by atoms with Crippen molar-refractivity contribution in [1.82, 2.24) is 19.9 Å². The Balaban J connectivity index is 2.12. The molecule has 0 radical (unpaired) electrons. The van der Waals surface area contributed by atoms with E-state index in [-0.39, 0.29) is 22.9 Å². The maximum Gasteiger partial charge on any atom is 0.278 e. The number of nitrogens with one attached hydrogen (secondary N) is 2. The Kier molecular flexibility index (Phi) is 2.53. The van der Waals surface area contributed by atoms with Gasteiger partial charge < -0.3 is 15.8 Å². The molecule has 7 heteroatoms. The van der Waals surface area contributed by atoms with Crippen LogP contribution in [0.2, 0.25) is 0 Å². The predicted molar refractivity (Wildman–Crippen MR) is 69.4 cm³/mol. The minimum atomic E-state index is -0.948. The Morgan fingerprint density at radius 1 is 1.16 bits per heavy atom. The number of nitrogen functional groups attached to an aromatic ring is 1. The van der Waals surface area contributed by atoms with Gasteiger partial charge in [0, 0.05) is 0 Å². The number of rotatable bonds is 2. The first kappa shape index (κ1) is 11.4. The van der Waals surface area contributed by atoms with Gasteiger partial charge in [-0.25, -0.2) is 4.98 Å². The fourth-order valence-electron chi connectivity index (χ4n) is 1.86. The molecular weight excluding hydrogens is 246 g/mol. The molecule has 1 atom stereocenters. The van der Waals surface area contributed by atoms with Crippen molar-refractivity contribution >= 4 is 17.1 Å². The van der Waals surface area contributed by atoms with Crippen LogP contribution in [0.3, 0.4) is 0 Å². The van der Waals surface area contributed by atoms with Crippen LogP contribution in [-0.4, -0.2) is 25.0 Å². The van der Waals surface area contributed by atoms with E-state index in [1.165, 1.54) is 0 Å². The average Bonchev–Trinajstić information content (AvgIpc) is 2.83. The molecular formula is C12H11N5O2. The lowest BCUT2D eigenvalue weighted by Crippen LogP contribution is -2.11. The first-order chi connectivity index (χ1) is 9.15. The number of nitrogens with two attached hydrogens (primary N) is 1. The maximum absolute atomic E-state index is 11.6. The Bertz CT molecular complexity index is 778. The van der Waals surface area contributed by atoms with Gasteiger partial charge >= 0.3 is 0 Å². The van der Waals surface area contributed by atoms with Gasteiger partial charge in [-0.1, -0.05) is 30.3 Å². The molecule has 0 aliphatic carbocycles. The molecule has 0 aliphatic heterocycles. The third kappa shape index (κ3) is 1.95. The number of hydrogen-bond acceptors (Lipinski definition) is 5. The van der Waals surface area contributed by atoms with E-state index in [4.69, 9.17) is 5.73 Å². The highest BCUT2D eigenvalue weighted by molar-refractivity contribution is 5.70. The van der Waals surface area contributed by atoms with Crippen molar-refractivity contribution in [2.24, 2.45) is 0 Å². The van der Waals surface area contributed by atoms with Crippen LogP contribution in [0.5, 0.6) is 0 Å². The molecule has 2 aromatic heterocycles. The summed E-state index contributed by atoms with van der Waals surface area (Å²) in [6, 6.07) is 9.00. The quantitative estimate of drug-likeness (QED) is 0.526. The second-order valence-electron chi connectivity index (χ2n) is 4.09. The molecule has 0 aliphatic rings. The fourth-order valence-corrected chi connectivity index (χ4v) is 1.86. The van der Waals surface area contributed by atoms with Gasteiger partial charge in [-0.2, -0.15) is 4.98 Å². The summed E-state index contributed by atoms with van der Waals surface area (Å²) in [6.07, 6.45) is -0.948. The molecule has 0 fully saturated rings. The number of fused-ring (bicyclic) bond motifs is 1. The van der Waals surface area contributed by atoms with E-state index >= 15 is 0 Å². The van der Waals surface area contributed by atoms with Crippen LogP contribution in [0, 0.1) is 0 Å². The third-order valence-electron chi connectivity index (χ3n) is 2.77. The lowest BCUT2D eigenvalue weighted by molar-refractivity contribution is 0.211. The maximum atomic E-state index is 11.6.